The standard InChI is InChI=1S/C13H16F3N3O/c1-8-4-10-7-17-2-3-19(10)12-11(20-8)5-9(6-18-12)13(14,15)16/h5-6,8,10,17H,2-4,7H2,1H3. The summed E-state index contributed by atoms with van der Waals surface area (Å²) in [5.74, 6) is 0.755. The lowest BCUT2D eigenvalue weighted by molar-refractivity contribution is -0.137. The number of rotatable bonds is 0. The molecule has 1 N–H and O–H groups in total. The fourth-order valence-electron chi connectivity index (χ4n) is 2.79. The number of fused-ring (bicyclic) bond motifs is 3. The molecule has 0 saturated carbocycles. The number of anilines is 1. The Bertz CT molecular complexity index is 506. The highest BCUT2D eigenvalue weighted by Gasteiger charge is 2.36. The maximum absolute atomic E-state index is 12.8. The number of halogens is 3. The first kappa shape index (κ1) is 13.5. The first-order chi connectivity index (χ1) is 9.45. The molecule has 1 aromatic rings. The Balaban J connectivity index is 2.02. The van der Waals surface area contributed by atoms with Crippen LogP contribution in [-0.4, -0.2) is 36.8 Å². The number of pyridine rings is 1. The smallest absolute Gasteiger partial charge is 0.418 e. The SMILES string of the molecule is CC1CC2CNCCN2c2ncc(C(F)(F)F)cc2O1. The number of nitrogens with one attached hydrogen (secondary N) is 1. The van der Waals surface area contributed by atoms with Gasteiger partial charge in [0.25, 0.3) is 0 Å². The van der Waals surface area contributed by atoms with Gasteiger partial charge >= 0.3 is 6.18 Å². The summed E-state index contributed by atoms with van der Waals surface area (Å²) in [6, 6.07) is 1.27. The van der Waals surface area contributed by atoms with E-state index in [2.05, 4.69) is 15.2 Å². The summed E-state index contributed by atoms with van der Waals surface area (Å²) in [7, 11) is 0. The molecule has 110 valence electrons. The fraction of sp³-hybridized carbons (Fsp3) is 0.615. The molecule has 0 aromatic carbocycles. The highest BCUT2D eigenvalue weighted by Crippen LogP contribution is 2.38. The fourth-order valence-corrected chi connectivity index (χ4v) is 2.79. The van der Waals surface area contributed by atoms with Crippen LogP contribution in [0, 0.1) is 0 Å². The van der Waals surface area contributed by atoms with Crippen molar-refractivity contribution in [3.63, 3.8) is 0 Å². The summed E-state index contributed by atoms with van der Waals surface area (Å²) in [4.78, 5) is 6.07. The van der Waals surface area contributed by atoms with E-state index < -0.39 is 11.7 Å². The predicted octanol–water partition coefficient (Wildman–Crippen LogP) is 2.05. The summed E-state index contributed by atoms with van der Waals surface area (Å²) < 4.78 is 44.0. The molecule has 2 aliphatic heterocycles. The number of alkyl halides is 3. The van der Waals surface area contributed by atoms with Crippen LogP contribution in [0.2, 0.25) is 0 Å². The van der Waals surface area contributed by atoms with Gasteiger partial charge in [-0.25, -0.2) is 4.98 Å². The van der Waals surface area contributed by atoms with E-state index in [1.54, 1.807) is 0 Å². The molecular weight excluding hydrogens is 271 g/mol. The van der Waals surface area contributed by atoms with Gasteiger partial charge in [-0.3, -0.25) is 0 Å². The van der Waals surface area contributed by atoms with E-state index in [9.17, 15) is 13.2 Å². The average Bonchev–Trinajstić information content (AvgIpc) is 2.52. The summed E-state index contributed by atoms with van der Waals surface area (Å²) in [5, 5.41) is 3.29. The zero-order valence-electron chi connectivity index (χ0n) is 11.1. The van der Waals surface area contributed by atoms with Gasteiger partial charge in [-0.1, -0.05) is 0 Å². The van der Waals surface area contributed by atoms with Gasteiger partial charge in [-0.05, 0) is 13.0 Å². The van der Waals surface area contributed by atoms with Gasteiger partial charge in [0.15, 0.2) is 11.6 Å². The number of aromatic nitrogens is 1. The van der Waals surface area contributed by atoms with Gasteiger partial charge in [-0.15, -0.1) is 0 Å². The van der Waals surface area contributed by atoms with E-state index in [0.29, 0.717) is 5.82 Å². The number of hydrogen-bond acceptors (Lipinski definition) is 4. The molecule has 3 rings (SSSR count). The Kier molecular flexibility index (Phi) is 3.24. The van der Waals surface area contributed by atoms with Crippen LogP contribution in [0.4, 0.5) is 19.0 Å². The lowest BCUT2D eigenvalue weighted by Crippen LogP contribution is -2.52. The van der Waals surface area contributed by atoms with Crippen molar-refractivity contribution in [2.45, 2.75) is 31.7 Å². The molecular formula is C13H16F3N3O. The van der Waals surface area contributed by atoms with Crippen molar-refractivity contribution < 1.29 is 17.9 Å². The monoisotopic (exact) mass is 287 g/mol. The van der Waals surface area contributed by atoms with Crippen molar-refractivity contribution in [3.8, 4) is 5.75 Å². The summed E-state index contributed by atoms with van der Waals surface area (Å²) in [5.41, 5.74) is -0.767. The van der Waals surface area contributed by atoms with Crippen LogP contribution in [0.15, 0.2) is 12.3 Å². The third-order valence-electron chi connectivity index (χ3n) is 3.71. The molecule has 0 aliphatic carbocycles. The Labute approximate surface area is 114 Å². The number of hydrogen-bond donors (Lipinski definition) is 1. The Morgan fingerprint density at radius 1 is 1.45 bits per heavy atom. The van der Waals surface area contributed by atoms with Crippen LogP contribution in [0.25, 0.3) is 0 Å². The van der Waals surface area contributed by atoms with Gasteiger partial charge in [0.05, 0.1) is 11.7 Å². The van der Waals surface area contributed by atoms with Gasteiger partial charge in [-0.2, -0.15) is 13.2 Å². The quantitative estimate of drug-likeness (QED) is 0.792. The molecule has 7 heteroatoms. The van der Waals surface area contributed by atoms with Crippen LogP contribution in [0.5, 0.6) is 5.75 Å². The average molecular weight is 287 g/mol. The van der Waals surface area contributed by atoms with Crippen molar-refractivity contribution in [3.05, 3.63) is 17.8 Å². The van der Waals surface area contributed by atoms with E-state index in [1.165, 1.54) is 0 Å². The Morgan fingerprint density at radius 2 is 2.25 bits per heavy atom. The Morgan fingerprint density at radius 3 is 3.00 bits per heavy atom. The predicted molar refractivity (Wildman–Crippen MR) is 67.9 cm³/mol. The molecule has 1 aromatic heterocycles. The van der Waals surface area contributed by atoms with E-state index in [1.807, 2.05) is 6.92 Å². The topological polar surface area (TPSA) is 37.4 Å². The first-order valence-corrected chi connectivity index (χ1v) is 6.66. The molecule has 4 nitrogen and oxygen atoms in total. The summed E-state index contributed by atoms with van der Waals surface area (Å²) in [6.07, 6.45) is -2.87. The first-order valence-electron chi connectivity index (χ1n) is 6.66. The van der Waals surface area contributed by atoms with Gasteiger partial charge in [0.2, 0.25) is 0 Å². The second-order valence-corrected chi connectivity index (χ2v) is 5.26. The normalized spacial score (nSPS) is 26.3. The Hall–Kier alpha value is -1.50. The van der Waals surface area contributed by atoms with Crippen LogP contribution in [0.1, 0.15) is 18.9 Å². The van der Waals surface area contributed by atoms with Gasteiger partial charge < -0.3 is 15.0 Å². The molecule has 2 unspecified atom stereocenters. The summed E-state index contributed by atoms with van der Waals surface area (Å²) >= 11 is 0. The lowest BCUT2D eigenvalue weighted by atomic mass is 10.1. The maximum Gasteiger partial charge on any atom is 0.418 e. The molecule has 2 aliphatic rings. The summed E-state index contributed by atoms with van der Waals surface area (Å²) in [6.45, 7) is 4.21. The van der Waals surface area contributed by atoms with Gasteiger partial charge in [0.1, 0.15) is 0 Å². The maximum atomic E-state index is 12.8. The van der Waals surface area contributed by atoms with E-state index in [4.69, 9.17) is 4.74 Å². The lowest BCUT2D eigenvalue weighted by Gasteiger charge is -2.36. The minimum absolute atomic E-state index is 0.131. The molecule has 1 fully saturated rings. The van der Waals surface area contributed by atoms with Crippen LogP contribution < -0.4 is 15.0 Å². The highest BCUT2D eigenvalue weighted by molar-refractivity contribution is 5.56. The third kappa shape index (κ3) is 2.42. The van der Waals surface area contributed by atoms with Crippen molar-refractivity contribution in [1.29, 1.82) is 0 Å². The minimum Gasteiger partial charge on any atom is -0.487 e. The van der Waals surface area contributed by atoms with Crippen molar-refractivity contribution in [2.75, 3.05) is 24.5 Å². The van der Waals surface area contributed by atoms with Gasteiger partial charge in [0, 0.05) is 38.3 Å². The molecule has 1 saturated heterocycles. The minimum atomic E-state index is -4.40. The zero-order valence-corrected chi connectivity index (χ0v) is 11.1. The van der Waals surface area contributed by atoms with E-state index in [0.717, 1.165) is 38.3 Å². The number of ether oxygens (including phenoxy) is 1. The molecule has 0 radical (unpaired) electrons. The molecule has 0 bridgehead atoms. The number of piperazine rings is 1. The van der Waals surface area contributed by atoms with Crippen molar-refractivity contribution >= 4 is 5.82 Å². The molecule has 0 amide bonds. The van der Waals surface area contributed by atoms with Crippen LogP contribution in [-0.2, 0) is 6.18 Å². The second kappa shape index (κ2) is 4.80. The van der Waals surface area contributed by atoms with E-state index >= 15 is 0 Å². The zero-order chi connectivity index (χ0) is 14.3. The van der Waals surface area contributed by atoms with E-state index in [-0.39, 0.29) is 17.9 Å². The van der Waals surface area contributed by atoms with Crippen molar-refractivity contribution in [2.24, 2.45) is 0 Å². The largest absolute Gasteiger partial charge is 0.487 e. The third-order valence-corrected chi connectivity index (χ3v) is 3.71. The molecule has 2 atom stereocenters. The van der Waals surface area contributed by atoms with Crippen molar-refractivity contribution in [1.82, 2.24) is 10.3 Å². The molecule has 0 spiro atoms. The van der Waals surface area contributed by atoms with Crippen LogP contribution in [0.3, 0.4) is 0 Å². The highest BCUT2D eigenvalue weighted by atomic mass is 19.4. The second-order valence-electron chi connectivity index (χ2n) is 5.26. The number of nitrogens with zero attached hydrogens (tertiary/aromatic N) is 2. The molecule has 3 heterocycles. The van der Waals surface area contributed by atoms with Crippen LogP contribution >= 0.6 is 0 Å². The molecule has 20 heavy (non-hydrogen) atoms.